The van der Waals surface area contributed by atoms with Crippen LogP contribution < -0.4 is 0 Å². The van der Waals surface area contributed by atoms with Crippen molar-refractivity contribution in [2.45, 2.75) is 33.9 Å². The summed E-state index contributed by atoms with van der Waals surface area (Å²) in [4.78, 5) is 0. The summed E-state index contributed by atoms with van der Waals surface area (Å²) >= 11 is 0. The van der Waals surface area contributed by atoms with Gasteiger partial charge in [0.1, 0.15) is 0 Å². The highest BCUT2D eigenvalue weighted by Crippen LogP contribution is 2.37. The monoisotopic (exact) mass is 182 g/mol. The lowest BCUT2D eigenvalue weighted by Gasteiger charge is -2.42. The van der Waals surface area contributed by atoms with Crippen LogP contribution in [0.5, 0.6) is 0 Å². The molecule has 0 amide bonds. The van der Waals surface area contributed by atoms with Crippen molar-refractivity contribution in [2.75, 3.05) is 13.2 Å². The lowest BCUT2D eigenvalue weighted by atomic mass is 9.88. The topological polar surface area (TPSA) is 24.8 Å². The quantitative estimate of drug-likeness (QED) is 0.569. The zero-order chi connectivity index (χ0) is 9.69. The molecule has 1 saturated heterocycles. The van der Waals surface area contributed by atoms with E-state index in [0.29, 0.717) is 0 Å². The van der Waals surface area contributed by atoms with E-state index in [0.717, 1.165) is 13.2 Å². The third-order valence-electron chi connectivity index (χ3n) is 2.67. The predicted octanol–water partition coefficient (Wildman–Crippen LogP) is 1.70. The Kier molecular flexibility index (Phi) is 1.71. The molecular weight excluding hydrogens is 164 g/mol. The van der Waals surface area contributed by atoms with E-state index in [9.17, 15) is 0 Å². The Balaban J connectivity index is 2.15. The van der Waals surface area contributed by atoms with E-state index < -0.39 is 0 Å². The number of hydrogen-bond acceptors (Lipinski definition) is 3. The van der Waals surface area contributed by atoms with Crippen LogP contribution >= 0.6 is 0 Å². The highest BCUT2D eigenvalue weighted by atomic mass is 16.5. The van der Waals surface area contributed by atoms with Gasteiger partial charge in [0.05, 0.1) is 6.61 Å². The van der Waals surface area contributed by atoms with Crippen LogP contribution in [0, 0.1) is 10.8 Å². The standard InChI is InChI=1S/C10H18N2O/c1-9(2)6-12-8(13-7-9)10(3,4)5-11-12/h5,8H,6-7H2,1-4H3. The van der Waals surface area contributed by atoms with Crippen LogP contribution in [-0.2, 0) is 4.74 Å². The number of ether oxygens (including phenoxy) is 1. The fraction of sp³-hybridized carbons (Fsp3) is 0.900. The molecule has 74 valence electrons. The van der Waals surface area contributed by atoms with Gasteiger partial charge in [-0.25, -0.2) is 0 Å². The molecule has 1 unspecified atom stereocenters. The van der Waals surface area contributed by atoms with Gasteiger partial charge in [-0.3, -0.25) is 5.01 Å². The van der Waals surface area contributed by atoms with E-state index in [1.165, 1.54) is 0 Å². The molecule has 3 heteroatoms. The summed E-state index contributed by atoms with van der Waals surface area (Å²) in [7, 11) is 0. The van der Waals surface area contributed by atoms with Crippen molar-refractivity contribution < 1.29 is 4.74 Å². The minimum absolute atomic E-state index is 0.0660. The average molecular weight is 182 g/mol. The molecule has 0 aromatic rings. The van der Waals surface area contributed by atoms with Crippen LogP contribution in [0.25, 0.3) is 0 Å². The molecule has 2 heterocycles. The van der Waals surface area contributed by atoms with E-state index in [1.807, 2.05) is 6.21 Å². The van der Waals surface area contributed by atoms with Gasteiger partial charge >= 0.3 is 0 Å². The molecule has 0 N–H and O–H groups in total. The second-order valence-corrected chi connectivity index (χ2v) is 5.49. The summed E-state index contributed by atoms with van der Waals surface area (Å²) in [5.41, 5.74) is 0.296. The molecule has 0 aromatic heterocycles. The molecule has 0 aliphatic carbocycles. The highest BCUT2D eigenvalue weighted by Gasteiger charge is 2.44. The van der Waals surface area contributed by atoms with Gasteiger partial charge in [-0.05, 0) is 0 Å². The summed E-state index contributed by atoms with van der Waals surface area (Å²) in [6.07, 6.45) is 2.15. The molecule has 0 radical (unpaired) electrons. The van der Waals surface area contributed by atoms with Crippen LogP contribution in [0.15, 0.2) is 5.10 Å². The third-order valence-corrected chi connectivity index (χ3v) is 2.67. The molecule has 3 nitrogen and oxygen atoms in total. The van der Waals surface area contributed by atoms with Crippen molar-refractivity contribution in [1.82, 2.24) is 5.01 Å². The number of rotatable bonds is 0. The second-order valence-electron chi connectivity index (χ2n) is 5.49. The van der Waals surface area contributed by atoms with E-state index in [4.69, 9.17) is 4.74 Å². The normalized spacial score (nSPS) is 34.8. The molecule has 2 aliphatic heterocycles. The van der Waals surface area contributed by atoms with Gasteiger partial charge in [-0.2, -0.15) is 5.10 Å². The number of hydrazone groups is 1. The summed E-state index contributed by atoms with van der Waals surface area (Å²) in [5, 5.41) is 6.46. The summed E-state index contributed by atoms with van der Waals surface area (Å²) in [6.45, 7) is 10.6. The van der Waals surface area contributed by atoms with Crippen molar-refractivity contribution in [3.8, 4) is 0 Å². The molecule has 0 saturated carbocycles. The molecule has 1 atom stereocenters. The van der Waals surface area contributed by atoms with Gasteiger partial charge < -0.3 is 4.74 Å². The molecule has 13 heavy (non-hydrogen) atoms. The van der Waals surface area contributed by atoms with E-state index in [-0.39, 0.29) is 17.1 Å². The Morgan fingerprint density at radius 2 is 2.08 bits per heavy atom. The zero-order valence-corrected chi connectivity index (χ0v) is 8.87. The van der Waals surface area contributed by atoms with Gasteiger partial charge in [0.15, 0.2) is 6.23 Å². The van der Waals surface area contributed by atoms with Crippen molar-refractivity contribution in [1.29, 1.82) is 0 Å². The first-order chi connectivity index (χ1) is 5.91. The van der Waals surface area contributed by atoms with Crippen LogP contribution in [0.2, 0.25) is 0 Å². The first-order valence-electron chi connectivity index (χ1n) is 4.84. The number of fused-ring (bicyclic) bond motifs is 1. The zero-order valence-electron chi connectivity index (χ0n) is 8.87. The Bertz CT molecular complexity index is 245. The minimum atomic E-state index is 0.0660. The van der Waals surface area contributed by atoms with Crippen LogP contribution in [-0.4, -0.2) is 30.6 Å². The number of nitrogens with zero attached hydrogens (tertiary/aromatic N) is 2. The largest absolute Gasteiger partial charge is 0.355 e. The van der Waals surface area contributed by atoms with Gasteiger partial charge in [-0.15, -0.1) is 0 Å². The molecule has 1 fully saturated rings. The van der Waals surface area contributed by atoms with Crippen LogP contribution in [0.4, 0.5) is 0 Å². The van der Waals surface area contributed by atoms with Gasteiger partial charge in [0.2, 0.25) is 0 Å². The maximum absolute atomic E-state index is 5.83. The molecule has 0 aromatic carbocycles. The third kappa shape index (κ3) is 1.46. The van der Waals surface area contributed by atoms with Crippen molar-refractivity contribution in [2.24, 2.45) is 15.9 Å². The van der Waals surface area contributed by atoms with E-state index >= 15 is 0 Å². The summed E-state index contributed by atoms with van der Waals surface area (Å²) in [6, 6.07) is 0. The Morgan fingerprint density at radius 1 is 1.38 bits per heavy atom. The molecule has 0 spiro atoms. The Labute approximate surface area is 79.8 Å². The molecule has 0 bridgehead atoms. The Morgan fingerprint density at radius 3 is 2.77 bits per heavy atom. The van der Waals surface area contributed by atoms with Gasteiger partial charge in [0.25, 0.3) is 0 Å². The lowest BCUT2D eigenvalue weighted by molar-refractivity contribution is -0.163. The van der Waals surface area contributed by atoms with Crippen molar-refractivity contribution in [3.63, 3.8) is 0 Å². The smallest absolute Gasteiger partial charge is 0.155 e. The summed E-state index contributed by atoms with van der Waals surface area (Å²) < 4.78 is 5.83. The fourth-order valence-electron chi connectivity index (χ4n) is 1.94. The maximum Gasteiger partial charge on any atom is 0.155 e. The first-order valence-corrected chi connectivity index (χ1v) is 4.84. The van der Waals surface area contributed by atoms with Crippen LogP contribution in [0.1, 0.15) is 27.7 Å². The van der Waals surface area contributed by atoms with Crippen molar-refractivity contribution >= 4 is 6.21 Å². The molecule has 2 aliphatic rings. The average Bonchev–Trinajstić information content (AvgIpc) is 2.24. The lowest BCUT2D eigenvalue weighted by Crippen LogP contribution is -2.50. The van der Waals surface area contributed by atoms with Gasteiger partial charge in [-0.1, -0.05) is 27.7 Å². The van der Waals surface area contributed by atoms with Crippen LogP contribution in [0.3, 0.4) is 0 Å². The maximum atomic E-state index is 5.83. The molecular formula is C10H18N2O. The second kappa shape index (κ2) is 2.47. The summed E-state index contributed by atoms with van der Waals surface area (Å²) in [5.74, 6) is 0. The SMILES string of the molecule is CC1(C)COC2N(C1)N=CC2(C)C. The van der Waals surface area contributed by atoms with Crippen molar-refractivity contribution in [3.05, 3.63) is 0 Å². The predicted molar refractivity (Wildman–Crippen MR) is 52.5 cm³/mol. The first kappa shape index (κ1) is 9.00. The Hall–Kier alpha value is -0.570. The molecule has 2 rings (SSSR count). The fourth-order valence-corrected chi connectivity index (χ4v) is 1.94. The van der Waals surface area contributed by atoms with E-state index in [1.54, 1.807) is 0 Å². The highest BCUT2D eigenvalue weighted by molar-refractivity contribution is 5.67. The number of hydrogen-bond donors (Lipinski definition) is 0. The van der Waals surface area contributed by atoms with Gasteiger partial charge in [0, 0.05) is 23.6 Å². The van der Waals surface area contributed by atoms with E-state index in [2.05, 4.69) is 37.8 Å². The minimum Gasteiger partial charge on any atom is -0.355 e.